The minimum atomic E-state index is -0.356. The second-order valence-electron chi connectivity index (χ2n) is 7.70. The van der Waals surface area contributed by atoms with Crippen molar-refractivity contribution in [3.63, 3.8) is 0 Å². The molecule has 3 aromatic rings. The van der Waals surface area contributed by atoms with Gasteiger partial charge in [0.15, 0.2) is 0 Å². The Bertz CT molecular complexity index is 1160. The molecule has 0 unspecified atom stereocenters. The number of anilines is 2. The molecule has 7 nitrogen and oxygen atoms in total. The molecule has 1 aliphatic rings. The number of benzene rings is 2. The molecule has 2 aromatic carbocycles. The highest BCUT2D eigenvalue weighted by molar-refractivity contribution is 7.99. The summed E-state index contributed by atoms with van der Waals surface area (Å²) in [6.45, 7) is 1.73. The monoisotopic (exact) mass is 457 g/mol. The number of amides is 2. The zero-order valence-electron chi connectivity index (χ0n) is 18.3. The Morgan fingerprint density at radius 2 is 1.61 bits per heavy atom. The quantitative estimate of drug-likeness (QED) is 0.310. The number of para-hydroxylation sites is 1. The van der Waals surface area contributed by atoms with Gasteiger partial charge in [0, 0.05) is 41.9 Å². The van der Waals surface area contributed by atoms with E-state index in [9.17, 15) is 9.59 Å². The summed E-state index contributed by atoms with van der Waals surface area (Å²) < 4.78 is 0. The molecular formula is C24H24BN5O2S. The van der Waals surface area contributed by atoms with Crippen LogP contribution in [0.2, 0.25) is 0 Å². The molecule has 0 spiro atoms. The standard InChI is InChI=1S/C24H24BN5O2S/c25-18-9-10-21(27-15-18)29-24(32)19-3-1-2-4-20(19)28-23(31)17-7-5-16(6-8-17)22(26)30-11-13-33-14-12-30/h1-10,15,26H,11-14,25H2,(H,28,31)(H,27,29,32). The number of hydrogen-bond donors (Lipinski definition) is 3. The zero-order valence-corrected chi connectivity index (χ0v) is 19.1. The van der Waals surface area contributed by atoms with Crippen molar-refractivity contribution in [2.24, 2.45) is 0 Å². The van der Waals surface area contributed by atoms with Crippen LogP contribution in [0.15, 0.2) is 66.9 Å². The van der Waals surface area contributed by atoms with Gasteiger partial charge in [0.25, 0.3) is 11.8 Å². The highest BCUT2D eigenvalue weighted by Crippen LogP contribution is 2.19. The normalized spacial score (nSPS) is 13.3. The summed E-state index contributed by atoms with van der Waals surface area (Å²) in [6.07, 6.45) is 1.68. The first kappa shape index (κ1) is 22.6. The fourth-order valence-corrected chi connectivity index (χ4v) is 4.36. The molecule has 2 amide bonds. The molecule has 0 saturated carbocycles. The van der Waals surface area contributed by atoms with E-state index in [2.05, 4.69) is 20.5 Å². The number of rotatable bonds is 5. The molecule has 1 fully saturated rings. The third-order valence-corrected chi connectivity index (χ3v) is 6.26. The number of carbonyl (C=O) groups is 2. The SMILES string of the molecule is Bc1ccc(NC(=O)c2ccccc2NC(=O)c2ccc(C(=N)N3CCSCC3)cc2)nc1. The van der Waals surface area contributed by atoms with Crippen molar-refractivity contribution >= 4 is 54.2 Å². The van der Waals surface area contributed by atoms with E-state index in [1.165, 1.54) is 0 Å². The molecule has 0 radical (unpaired) electrons. The van der Waals surface area contributed by atoms with E-state index in [-0.39, 0.29) is 11.8 Å². The number of pyridine rings is 1. The first-order valence-electron chi connectivity index (χ1n) is 10.7. The van der Waals surface area contributed by atoms with Crippen LogP contribution in [0, 0.1) is 5.41 Å². The van der Waals surface area contributed by atoms with Gasteiger partial charge in [0.2, 0.25) is 0 Å². The third kappa shape index (κ3) is 5.62. The fraction of sp³-hybridized carbons (Fsp3) is 0.167. The number of carbonyl (C=O) groups excluding carboxylic acids is 2. The second kappa shape index (κ2) is 10.4. The lowest BCUT2D eigenvalue weighted by atomic mass is 9.99. The van der Waals surface area contributed by atoms with Gasteiger partial charge in [-0.1, -0.05) is 35.8 Å². The van der Waals surface area contributed by atoms with Crippen LogP contribution in [-0.4, -0.2) is 60.0 Å². The highest BCUT2D eigenvalue weighted by Gasteiger charge is 2.17. The Balaban J connectivity index is 1.44. The lowest BCUT2D eigenvalue weighted by molar-refractivity contribution is 0.102. The summed E-state index contributed by atoms with van der Waals surface area (Å²) in [4.78, 5) is 31.9. The van der Waals surface area contributed by atoms with Crippen LogP contribution in [-0.2, 0) is 0 Å². The average molecular weight is 457 g/mol. The van der Waals surface area contributed by atoms with Gasteiger partial charge < -0.3 is 15.5 Å². The Morgan fingerprint density at radius 3 is 2.30 bits per heavy atom. The lowest BCUT2D eigenvalue weighted by Gasteiger charge is -2.28. The van der Waals surface area contributed by atoms with E-state index in [0.29, 0.717) is 28.5 Å². The van der Waals surface area contributed by atoms with Crippen LogP contribution < -0.4 is 16.1 Å². The highest BCUT2D eigenvalue weighted by atomic mass is 32.2. The van der Waals surface area contributed by atoms with E-state index >= 15 is 0 Å². The van der Waals surface area contributed by atoms with E-state index in [0.717, 1.165) is 35.6 Å². The van der Waals surface area contributed by atoms with Crippen molar-refractivity contribution in [1.82, 2.24) is 9.88 Å². The second-order valence-corrected chi connectivity index (χ2v) is 8.92. The summed E-state index contributed by atoms with van der Waals surface area (Å²) in [5, 5.41) is 14.0. The molecule has 4 rings (SSSR count). The number of nitrogens with one attached hydrogen (secondary N) is 3. The fourth-order valence-electron chi connectivity index (χ4n) is 3.46. The summed E-state index contributed by atoms with van der Waals surface area (Å²) in [7, 11) is 1.92. The number of hydrogen-bond acceptors (Lipinski definition) is 5. The van der Waals surface area contributed by atoms with Crippen LogP contribution in [0.25, 0.3) is 0 Å². The smallest absolute Gasteiger partial charge is 0.258 e. The maximum absolute atomic E-state index is 12.8. The maximum Gasteiger partial charge on any atom is 0.258 e. The molecule has 3 N–H and O–H groups in total. The molecule has 9 heteroatoms. The minimum Gasteiger partial charge on any atom is -0.355 e. The van der Waals surface area contributed by atoms with Crippen LogP contribution >= 0.6 is 11.8 Å². The predicted octanol–water partition coefficient (Wildman–Crippen LogP) is 2.22. The molecule has 33 heavy (non-hydrogen) atoms. The van der Waals surface area contributed by atoms with Crippen LogP contribution in [0.4, 0.5) is 11.5 Å². The van der Waals surface area contributed by atoms with Gasteiger partial charge in [0.1, 0.15) is 19.5 Å². The Labute approximate surface area is 197 Å². The van der Waals surface area contributed by atoms with Gasteiger partial charge in [-0.3, -0.25) is 15.0 Å². The summed E-state index contributed by atoms with van der Waals surface area (Å²) in [5.74, 6) is 2.29. The van der Waals surface area contributed by atoms with E-state index in [4.69, 9.17) is 5.41 Å². The van der Waals surface area contributed by atoms with Gasteiger partial charge >= 0.3 is 0 Å². The molecule has 166 valence electrons. The van der Waals surface area contributed by atoms with Crippen molar-refractivity contribution in [2.45, 2.75) is 0 Å². The third-order valence-electron chi connectivity index (χ3n) is 5.32. The predicted molar refractivity (Wildman–Crippen MR) is 137 cm³/mol. The molecular weight excluding hydrogens is 433 g/mol. The van der Waals surface area contributed by atoms with E-state index in [1.807, 2.05) is 25.7 Å². The average Bonchev–Trinajstić information content (AvgIpc) is 2.86. The van der Waals surface area contributed by atoms with E-state index < -0.39 is 0 Å². The molecule has 1 aromatic heterocycles. The zero-order chi connectivity index (χ0) is 23.2. The number of amidine groups is 1. The van der Waals surface area contributed by atoms with Gasteiger partial charge in [0.05, 0.1) is 11.3 Å². The molecule has 1 saturated heterocycles. The van der Waals surface area contributed by atoms with Crippen LogP contribution in [0.1, 0.15) is 26.3 Å². The molecule has 1 aliphatic heterocycles. The largest absolute Gasteiger partial charge is 0.355 e. The lowest BCUT2D eigenvalue weighted by Crippen LogP contribution is -2.37. The molecule has 2 heterocycles. The van der Waals surface area contributed by atoms with Crippen molar-refractivity contribution in [1.29, 1.82) is 5.41 Å². The first-order chi connectivity index (χ1) is 16.0. The van der Waals surface area contributed by atoms with Crippen molar-refractivity contribution in [3.05, 3.63) is 83.6 Å². The Kier molecular flexibility index (Phi) is 7.09. The first-order valence-corrected chi connectivity index (χ1v) is 11.8. The number of thioether (sulfide) groups is 1. The van der Waals surface area contributed by atoms with Gasteiger partial charge in [-0.25, -0.2) is 4.98 Å². The maximum atomic E-state index is 12.8. The topological polar surface area (TPSA) is 98.2 Å². The van der Waals surface area contributed by atoms with Gasteiger partial charge in [-0.2, -0.15) is 11.8 Å². The van der Waals surface area contributed by atoms with Crippen molar-refractivity contribution in [2.75, 3.05) is 35.2 Å². The van der Waals surface area contributed by atoms with Gasteiger partial charge in [-0.05, 0) is 30.3 Å². The Morgan fingerprint density at radius 1 is 0.909 bits per heavy atom. The van der Waals surface area contributed by atoms with E-state index in [1.54, 1.807) is 60.8 Å². The van der Waals surface area contributed by atoms with Crippen LogP contribution in [0.3, 0.4) is 0 Å². The van der Waals surface area contributed by atoms with Gasteiger partial charge in [-0.15, -0.1) is 0 Å². The summed E-state index contributed by atoms with van der Waals surface area (Å²) >= 11 is 1.90. The summed E-state index contributed by atoms with van der Waals surface area (Å²) in [6, 6.07) is 17.4. The molecule has 0 bridgehead atoms. The summed E-state index contributed by atoms with van der Waals surface area (Å²) in [5.41, 5.74) is 2.99. The van der Waals surface area contributed by atoms with Crippen molar-refractivity contribution < 1.29 is 9.59 Å². The number of aromatic nitrogens is 1. The van der Waals surface area contributed by atoms with Crippen LogP contribution in [0.5, 0.6) is 0 Å². The minimum absolute atomic E-state index is 0.323. The Hall–Kier alpha value is -3.59. The number of nitrogens with zero attached hydrogens (tertiary/aromatic N) is 2. The molecule has 0 aliphatic carbocycles. The van der Waals surface area contributed by atoms with Crippen molar-refractivity contribution in [3.8, 4) is 0 Å². The molecule has 0 atom stereocenters.